The molecule has 0 saturated carbocycles. The second-order valence-corrected chi connectivity index (χ2v) is 7.98. The topological polar surface area (TPSA) is 40.5 Å². The van der Waals surface area contributed by atoms with Crippen LogP contribution in [-0.4, -0.2) is 28.7 Å². The summed E-state index contributed by atoms with van der Waals surface area (Å²) in [5.41, 5.74) is 9.27. The fourth-order valence-electron chi connectivity index (χ4n) is 3.44. The van der Waals surface area contributed by atoms with E-state index in [1.807, 2.05) is 18.5 Å². The number of aromatic nitrogens is 1. The number of hydrogen-bond donors (Lipinski definition) is 1. The quantitative estimate of drug-likeness (QED) is 0.612. The Bertz CT molecular complexity index is 750. The molecule has 4 nitrogen and oxygen atoms in total. The number of hydrogen-bond acceptors (Lipinski definition) is 5. The van der Waals surface area contributed by atoms with Gasteiger partial charge in [-0.25, -0.2) is 4.98 Å². The van der Waals surface area contributed by atoms with Crippen LogP contribution in [-0.2, 0) is 6.54 Å². The highest BCUT2D eigenvalue weighted by Gasteiger charge is 2.19. The maximum atomic E-state index is 4.39. The normalized spacial score (nSPS) is 18.8. The van der Waals surface area contributed by atoms with Crippen molar-refractivity contribution in [3.63, 3.8) is 0 Å². The highest BCUT2D eigenvalue weighted by molar-refractivity contribution is 7.13. The largest absolute Gasteiger partial charge is 0.296 e. The monoisotopic (exact) mass is 356 g/mol. The summed E-state index contributed by atoms with van der Waals surface area (Å²) in [6.07, 6.45) is 5.92. The minimum Gasteiger partial charge on any atom is -0.296 e. The van der Waals surface area contributed by atoms with Gasteiger partial charge in [-0.2, -0.15) is 5.10 Å². The number of piperidine rings is 1. The van der Waals surface area contributed by atoms with Crippen LogP contribution in [0.25, 0.3) is 0 Å². The van der Waals surface area contributed by atoms with E-state index in [9.17, 15) is 0 Å². The summed E-state index contributed by atoms with van der Waals surface area (Å²) in [6.45, 7) is 11.0. The first-order valence-corrected chi connectivity index (χ1v) is 9.96. The highest BCUT2D eigenvalue weighted by atomic mass is 32.1. The summed E-state index contributed by atoms with van der Waals surface area (Å²) in [4.78, 5) is 6.99. The predicted molar refractivity (Wildman–Crippen MR) is 108 cm³/mol. The van der Waals surface area contributed by atoms with Gasteiger partial charge in [0.1, 0.15) is 0 Å². The van der Waals surface area contributed by atoms with Crippen LogP contribution < -0.4 is 5.43 Å². The molecule has 2 aromatic rings. The molecule has 1 N–H and O–H groups in total. The van der Waals surface area contributed by atoms with Gasteiger partial charge in [-0.3, -0.25) is 10.3 Å². The van der Waals surface area contributed by atoms with Gasteiger partial charge < -0.3 is 0 Å². The summed E-state index contributed by atoms with van der Waals surface area (Å²) in [7, 11) is 0. The molecule has 1 unspecified atom stereocenters. The van der Waals surface area contributed by atoms with Gasteiger partial charge in [0.25, 0.3) is 0 Å². The van der Waals surface area contributed by atoms with Gasteiger partial charge in [0, 0.05) is 18.0 Å². The lowest BCUT2D eigenvalue weighted by molar-refractivity contribution is 0.152. The van der Waals surface area contributed by atoms with Crippen molar-refractivity contribution < 1.29 is 0 Å². The van der Waals surface area contributed by atoms with E-state index in [1.54, 1.807) is 11.3 Å². The molecule has 3 rings (SSSR count). The number of thiazole rings is 1. The lowest BCUT2D eigenvalue weighted by Gasteiger charge is -2.34. The van der Waals surface area contributed by atoms with E-state index in [1.165, 1.54) is 48.1 Å². The summed E-state index contributed by atoms with van der Waals surface area (Å²) in [6, 6.07) is 5.21. The van der Waals surface area contributed by atoms with Crippen LogP contribution in [0.5, 0.6) is 0 Å². The van der Waals surface area contributed by atoms with Crippen LogP contribution in [0.1, 0.15) is 54.1 Å². The molecule has 1 fully saturated rings. The SMILES string of the molecule is Cc1cc(C=NNc2nc(C)cs2)c(C)c(CN2CCCCC2C)c1. The molecule has 1 atom stereocenters. The molecule has 0 radical (unpaired) electrons. The van der Waals surface area contributed by atoms with Gasteiger partial charge in [-0.1, -0.05) is 24.1 Å². The van der Waals surface area contributed by atoms with Crippen LogP contribution in [0, 0.1) is 20.8 Å². The lowest BCUT2D eigenvalue weighted by atomic mass is 9.97. The van der Waals surface area contributed by atoms with Crippen molar-refractivity contribution in [2.24, 2.45) is 5.10 Å². The van der Waals surface area contributed by atoms with Gasteiger partial charge in [-0.15, -0.1) is 11.3 Å². The number of likely N-dealkylation sites (tertiary alicyclic amines) is 1. The standard InChI is InChI=1S/C20H28N4S/c1-14-9-18(11-21-23-20-22-15(2)13-25-20)17(4)19(10-14)12-24-8-6-5-7-16(24)3/h9-11,13,16H,5-8,12H2,1-4H3,(H,22,23). The van der Waals surface area contributed by atoms with E-state index in [2.05, 4.69) is 53.3 Å². The first kappa shape index (κ1) is 18.1. The third kappa shape index (κ3) is 4.67. The second kappa shape index (κ2) is 8.11. The van der Waals surface area contributed by atoms with Crippen molar-refractivity contribution >= 4 is 22.7 Å². The molecule has 0 bridgehead atoms. The van der Waals surface area contributed by atoms with Gasteiger partial charge in [-0.05, 0) is 63.8 Å². The highest BCUT2D eigenvalue weighted by Crippen LogP contribution is 2.23. The molecule has 1 aromatic carbocycles. The van der Waals surface area contributed by atoms with E-state index < -0.39 is 0 Å². The number of hydrazone groups is 1. The van der Waals surface area contributed by atoms with Crippen LogP contribution in [0.2, 0.25) is 0 Å². The second-order valence-electron chi connectivity index (χ2n) is 7.12. The van der Waals surface area contributed by atoms with E-state index in [0.717, 1.165) is 17.4 Å². The van der Waals surface area contributed by atoms with E-state index >= 15 is 0 Å². The Labute approximate surface area is 155 Å². The average molecular weight is 357 g/mol. The molecular weight excluding hydrogens is 328 g/mol. The van der Waals surface area contributed by atoms with E-state index in [0.29, 0.717) is 6.04 Å². The van der Waals surface area contributed by atoms with Gasteiger partial charge >= 0.3 is 0 Å². The number of nitrogens with zero attached hydrogens (tertiary/aromatic N) is 3. The molecule has 1 aliphatic heterocycles. The number of benzene rings is 1. The molecule has 1 aromatic heterocycles. The summed E-state index contributed by atoms with van der Waals surface area (Å²) >= 11 is 1.58. The van der Waals surface area contributed by atoms with Crippen molar-refractivity contribution in [3.05, 3.63) is 45.5 Å². The van der Waals surface area contributed by atoms with Crippen LogP contribution in [0.3, 0.4) is 0 Å². The first-order valence-electron chi connectivity index (χ1n) is 9.08. The average Bonchev–Trinajstić information content (AvgIpc) is 2.99. The Morgan fingerprint density at radius 2 is 2.16 bits per heavy atom. The van der Waals surface area contributed by atoms with Crippen LogP contribution in [0.15, 0.2) is 22.6 Å². The number of aryl methyl sites for hydroxylation is 2. The maximum Gasteiger partial charge on any atom is 0.203 e. The summed E-state index contributed by atoms with van der Waals surface area (Å²) in [5.74, 6) is 0. The molecule has 0 amide bonds. The molecule has 25 heavy (non-hydrogen) atoms. The van der Waals surface area contributed by atoms with Crippen molar-refractivity contribution in [1.29, 1.82) is 0 Å². The van der Waals surface area contributed by atoms with Gasteiger partial charge in [0.2, 0.25) is 5.13 Å². The fourth-order valence-corrected chi connectivity index (χ4v) is 4.07. The minimum absolute atomic E-state index is 0.681. The molecule has 1 saturated heterocycles. The molecule has 2 heterocycles. The number of anilines is 1. The van der Waals surface area contributed by atoms with Crippen LogP contribution in [0.4, 0.5) is 5.13 Å². The van der Waals surface area contributed by atoms with Gasteiger partial charge in [0.05, 0.1) is 11.9 Å². The van der Waals surface area contributed by atoms with Crippen molar-refractivity contribution in [2.75, 3.05) is 12.0 Å². The van der Waals surface area contributed by atoms with E-state index in [4.69, 9.17) is 0 Å². The zero-order valence-electron chi connectivity index (χ0n) is 15.7. The minimum atomic E-state index is 0.681. The third-order valence-electron chi connectivity index (χ3n) is 5.00. The van der Waals surface area contributed by atoms with Crippen molar-refractivity contribution in [3.8, 4) is 0 Å². The molecule has 0 aliphatic carbocycles. The molecule has 1 aliphatic rings. The predicted octanol–water partition coefficient (Wildman–Crippen LogP) is 4.89. The van der Waals surface area contributed by atoms with E-state index in [-0.39, 0.29) is 0 Å². The van der Waals surface area contributed by atoms with Crippen molar-refractivity contribution in [2.45, 2.75) is 59.5 Å². The smallest absolute Gasteiger partial charge is 0.203 e. The molecule has 0 spiro atoms. The Hall–Kier alpha value is -1.72. The Morgan fingerprint density at radius 1 is 1.32 bits per heavy atom. The molecular formula is C20H28N4S. The molecule has 134 valence electrons. The maximum absolute atomic E-state index is 4.39. The Kier molecular flexibility index (Phi) is 5.86. The summed E-state index contributed by atoms with van der Waals surface area (Å²) in [5, 5.41) is 7.25. The summed E-state index contributed by atoms with van der Waals surface area (Å²) < 4.78 is 0. The lowest BCUT2D eigenvalue weighted by Crippen LogP contribution is -2.37. The van der Waals surface area contributed by atoms with Gasteiger partial charge in [0.15, 0.2) is 0 Å². The van der Waals surface area contributed by atoms with Crippen LogP contribution >= 0.6 is 11.3 Å². The Balaban J connectivity index is 1.74. The zero-order valence-corrected chi connectivity index (χ0v) is 16.5. The fraction of sp³-hybridized carbons (Fsp3) is 0.500. The molecule has 5 heteroatoms. The first-order chi connectivity index (χ1) is 12.0. The van der Waals surface area contributed by atoms with Crippen molar-refractivity contribution in [1.82, 2.24) is 9.88 Å². The number of rotatable bonds is 5. The number of nitrogens with one attached hydrogen (secondary N) is 1. The third-order valence-corrected chi connectivity index (χ3v) is 5.86. The zero-order chi connectivity index (χ0) is 17.8. The Morgan fingerprint density at radius 3 is 2.88 bits per heavy atom.